The summed E-state index contributed by atoms with van der Waals surface area (Å²) in [5.41, 5.74) is 6.29. The van der Waals surface area contributed by atoms with Gasteiger partial charge in [0.1, 0.15) is 0 Å². The van der Waals surface area contributed by atoms with E-state index in [1.54, 1.807) is 12.4 Å². The number of ether oxygens (including phenoxy) is 1. The Balaban J connectivity index is 1.74. The van der Waals surface area contributed by atoms with Crippen LogP contribution < -0.4 is 5.32 Å². The summed E-state index contributed by atoms with van der Waals surface area (Å²) in [4.78, 5) is 21.5. The number of benzene rings is 1. The third-order valence-electron chi connectivity index (χ3n) is 5.29. The molecule has 1 amide bonds. The molecule has 162 valence electrons. The molecule has 5 rings (SSSR count). The van der Waals surface area contributed by atoms with Crippen molar-refractivity contribution < 1.29 is 14.6 Å². The first-order valence-corrected chi connectivity index (χ1v) is 11.5. The Bertz CT molecular complexity index is 1320. The number of nitrogens with one attached hydrogen (secondary N) is 1. The predicted octanol–water partition coefficient (Wildman–Crippen LogP) is 4.59. The van der Waals surface area contributed by atoms with Crippen molar-refractivity contribution in [3.8, 4) is 27.5 Å². The van der Waals surface area contributed by atoms with Gasteiger partial charge in [-0.15, -0.1) is 0 Å². The average molecular weight is 512 g/mol. The molecule has 0 aliphatic heterocycles. The largest absolute Gasteiger partial charge is 0.453 e. The van der Waals surface area contributed by atoms with E-state index in [-0.39, 0.29) is 6.61 Å². The summed E-state index contributed by atoms with van der Waals surface area (Å²) in [6.45, 7) is -0.0909. The molecule has 10 heteroatoms. The molecule has 0 fully saturated rings. The van der Waals surface area contributed by atoms with E-state index in [1.807, 2.05) is 35.0 Å². The van der Waals surface area contributed by atoms with Crippen LogP contribution in [-0.4, -0.2) is 38.1 Å². The van der Waals surface area contributed by atoms with Crippen LogP contribution in [0.15, 0.2) is 47.2 Å². The Morgan fingerprint density at radius 3 is 2.94 bits per heavy atom. The quantitative estimate of drug-likeness (QED) is 0.415. The van der Waals surface area contributed by atoms with Gasteiger partial charge in [0, 0.05) is 28.0 Å². The fourth-order valence-electron chi connectivity index (χ4n) is 3.82. The van der Waals surface area contributed by atoms with Gasteiger partial charge in [0.15, 0.2) is 5.13 Å². The number of aliphatic hydroxyl groups excluding tert-OH is 1. The predicted molar refractivity (Wildman–Crippen MR) is 125 cm³/mol. The van der Waals surface area contributed by atoms with Crippen molar-refractivity contribution in [3.63, 3.8) is 0 Å². The molecular weight excluding hydrogens is 494 g/mol. The van der Waals surface area contributed by atoms with Gasteiger partial charge in [-0.2, -0.15) is 5.10 Å². The van der Waals surface area contributed by atoms with E-state index >= 15 is 0 Å². The SMILES string of the molecule is COC(=O)Nc1nc2c(s1)-c1c(c(-c3cccnc3)nn1-c1cccc(CO)c1Br)CC2. The van der Waals surface area contributed by atoms with Crippen molar-refractivity contribution >= 4 is 38.5 Å². The molecule has 2 N–H and O–H groups in total. The molecule has 0 spiro atoms. The molecular formula is C22H18BrN5O3S. The fourth-order valence-corrected chi connectivity index (χ4v) is 5.44. The average Bonchev–Trinajstić information content (AvgIpc) is 3.40. The third-order valence-corrected chi connectivity index (χ3v) is 7.23. The number of aryl methyl sites for hydroxylation is 1. The first-order valence-electron chi connectivity index (χ1n) is 9.86. The molecule has 3 heterocycles. The van der Waals surface area contributed by atoms with Gasteiger partial charge in [-0.25, -0.2) is 14.5 Å². The van der Waals surface area contributed by atoms with Gasteiger partial charge >= 0.3 is 6.09 Å². The van der Waals surface area contributed by atoms with Crippen LogP contribution in [0, 0.1) is 0 Å². The number of aromatic nitrogens is 4. The second-order valence-corrected chi connectivity index (χ2v) is 8.94. The van der Waals surface area contributed by atoms with Gasteiger partial charge in [-0.3, -0.25) is 10.3 Å². The first kappa shape index (κ1) is 20.8. The Labute approximate surface area is 196 Å². The van der Waals surface area contributed by atoms with E-state index in [9.17, 15) is 9.90 Å². The lowest BCUT2D eigenvalue weighted by molar-refractivity contribution is 0.187. The maximum absolute atomic E-state index is 11.7. The van der Waals surface area contributed by atoms with Gasteiger partial charge in [0.05, 0.1) is 41.4 Å². The number of carbonyl (C=O) groups excluding carboxylic acids is 1. The van der Waals surface area contributed by atoms with Crippen LogP contribution in [0.4, 0.5) is 9.93 Å². The topological polar surface area (TPSA) is 102 Å². The van der Waals surface area contributed by atoms with Gasteiger partial charge in [0.2, 0.25) is 0 Å². The summed E-state index contributed by atoms with van der Waals surface area (Å²) in [5.74, 6) is 0. The van der Waals surface area contributed by atoms with E-state index in [1.165, 1.54) is 18.4 Å². The smallest absolute Gasteiger partial charge is 0.413 e. The molecule has 0 radical (unpaired) electrons. The number of fused-ring (bicyclic) bond motifs is 3. The Morgan fingerprint density at radius 1 is 1.31 bits per heavy atom. The van der Waals surface area contributed by atoms with Crippen LogP contribution in [0.2, 0.25) is 0 Å². The lowest BCUT2D eigenvalue weighted by atomic mass is 9.95. The van der Waals surface area contributed by atoms with Crippen LogP contribution in [0.1, 0.15) is 16.8 Å². The fraction of sp³-hybridized carbons (Fsp3) is 0.182. The van der Waals surface area contributed by atoms with E-state index in [0.717, 1.165) is 61.7 Å². The van der Waals surface area contributed by atoms with Gasteiger partial charge in [-0.1, -0.05) is 23.5 Å². The van der Waals surface area contributed by atoms with Crippen molar-refractivity contribution in [2.24, 2.45) is 0 Å². The molecule has 1 aromatic carbocycles. The number of thiazole rings is 1. The van der Waals surface area contributed by atoms with Crippen LogP contribution in [0.3, 0.4) is 0 Å². The maximum atomic E-state index is 11.7. The van der Waals surface area contributed by atoms with Gasteiger partial charge in [0.25, 0.3) is 0 Å². The summed E-state index contributed by atoms with van der Waals surface area (Å²) in [6.07, 6.45) is 4.47. The number of anilines is 1. The van der Waals surface area contributed by atoms with Crippen molar-refractivity contribution in [3.05, 3.63) is 64.0 Å². The highest BCUT2D eigenvalue weighted by atomic mass is 79.9. The summed E-state index contributed by atoms with van der Waals surface area (Å²) in [7, 11) is 1.32. The van der Waals surface area contributed by atoms with Crippen molar-refractivity contribution in [2.45, 2.75) is 19.4 Å². The van der Waals surface area contributed by atoms with Crippen LogP contribution in [-0.2, 0) is 24.2 Å². The van der Waals surface area contributed by atoms with E-state index < -0.39 is 6.09 Å². The zero-order valence-electron chi connectivity index (χ0n) is 17.0. The number of halogens is 1. The number of hydrogen-bond acceptors (Lipinski definition) is 7. The number of methoxy groups -OCH3 is 1. The van der Waals surface area contributed by atoms with Crippen LogP contribution in [0.5, 0.6) is 0 Å². The highest BCUT2D eigenvalue weighted by Crippen LogP contribution is 2.44. The second-order valence-electron chi connectivity index (χ2n) is 7.15. The summed E-state index contributed by atoms with van der Waals surface area (Å²) in [5, 5.41) is 17.9. The van der Waals surface area contributed by atoms with Crippen molar-refractivity contribution in [2.75, 3.05) is 12.4 Å². The van der Waals surface area contributed by atoms with E-state index in [4.69, 9.17) is 9.84 Å². The normalized spacial score (nSPS) is 12.2. The summed E-state index contributed by atoms with van der Waals surface area (Å²) < 4.78 is 7.38. The lowest BCUT2D eigenvalue weighted by Gasteiger charge is -2.15. The number of rotatable bonds is 4. The molecule has 1 aliphatic carbocycles. The van der Waals surface area contributed by atoms with Crippen LogP contribution in [0.25, 0.3) is 27.5 Å². The number of amides is 1. The maximum Gasteiger partial charge on any atom is 0.413 e. The Hall–Kier alpha value is -3.08. The van der Waals surface area contributed by atoms with Crippen molar-refractivity contribution in [1.82, 2.24) is 19.7 Å². The standard InChI is InChI=1S/C22H18BrN5O3S/c1-31-22(30)26-21-25-15-8-7-14-18(12-5-3-9-24-10-12)27-28(19(14)20(15)32-21)16-6-2-4-13(11-29)17(16)23/h2-6,9-10,29H,7-8,11H2,1H3,(H,25,26,30). The molecule has 0 saturated carbocycles. The molecule has 8 nitrogen and oxygen atoms in total. The Kier molecular flexibility index (Phi) is 5.50. The number of pyridine rings is 1. The minimum atomic E-state index is -0.556. The second kappa shape index (κ2) is 8.45. The van der Waals surface area contributed by atoms with E-state index in [2.05, 4.69) is 31.2 Å². The summed E-state index contributed by atoms with van der Waals surface area (Å²) in [6, 6.07) is 9.59. The zero-order valence-corrected chi connectivity index (χ0v) is 19.4. The molecule has 3 aromatic heterocycles. The minimum absolute atomic E-state index is 0.0909. The first-order chi connectivity index (χ1) is 15.6. The summed E-state index contributed by atoms with van der Waals surface area (Å²) >= 11 is 5.03. The Morgan fingerprint density at radius 2 is 2.19 bits per heavy atom. The highest BCUT2D eigenvalue weighted by Gasteiger charge is 2.30. The van der Waals surface area contributed by atoms with E-state index in [0.29, 0.717) is 5.13 Å². The molecule has 0 saturated heterocycles. The highest BCUT2D eigenvalue weighted by molar-refractivity contribution is 9.10. The molecule has 0 unspecified atom stereocenters. The number of aliphatic hydroxyl groups is 1. The molecule has 4 aromatic rings. The van der Waals surface area contributed by atoms with Crippen LogP contribution >= 0.6 is 27.3 Å². The lowest BCUT2D eigenvalue weighted by Crippen LogP contribution is -2.10. The molecule has 1 aliphatic rings. The molecule has 0 atom stereocenters. The van der Waals surface area contributed by atoms with Gasteiger partial charge in [-0.05, 0) is 52.5 Å². The number of nitrogens with zero attached hydrogens (tertiary/aromatic N) is 4. The monoisotopic (exact) mass is 511 g/mol. The number of carbonyl (C=O) groups is 1. The molecule has 0 bridgehead atoms. The minimum Gasteiger partial charge on any atom is -0.453 e. The number of hydrogen-bond donors (Lipinski definition) is 2. The zero-order chi connectivity index (χ0) is 22.2. The van der Waals surface area contributed by atoms with Crippen molar-refractivity contribution in [1.29, 1.82) is 0 Å². The molecule has 32 heavy (non-hydrogen) atoms. The van der Waals surface area contributed by atoms with Gasteiger partial charge < -0.3 is 9.84 Å². The third kappa shape index (κ3) is 3.50.